The van der Waals surface area contributed by atoms with Gasteiger partial charge in [0, 0.05) is 15.7 Å². The lowest BCUT2D eigenvalue weighted by Gasteiger charge is -2.27. The number of imidazole rings is 1. The van der Waals surface area contributed by atoms with E-state index in [9.17, 15) is 5.11 Å². The zero-order valence-electron chi connectivity index (χ0n) is 22.3. The quantitative estimate of drug-likeness (QED) is 0.242. The monoisotopic (exact) mass is 552 g/mol. The predicted octanol–water partition coefficient (Wildman–Crippen LogP) is 9.42. The third-order valence-corrected chi connectivity index (χ3v) is 7.53. The van der Waals surface area contributed by atoms with Crippen molar-refractivity contribution >= 4 is 27.0 Å². The molecule has 5 rings (SSSR count). The van der Waals surface area contributed by atoms with Crippen LogP contribution in [-0.4, -0.2) is 14.7 Å². The van der Waals surface area contributed by atoms with Gasteiger partial charge in [0.1, 0.15) is 17.1 Å². The zero-order chi connectivity index (χ0) is 26.5. The van der Waals surface area contributed by atoms with Crippen LogP contribution < -0.4 is 0 Å². The van der Waals surface area contributed by atoms with Gasteiger partial charge in [-0.1, -0.05) is 96.1 Å². The molecule has 1 aromatic heterocycles. The maximum Gasteiger partial charge on any atom is 0.149 e. The second kappa shape index (κ2) is 9.18. The highest BCUT2D eigenvalue weighted by molar-refractivity contribution is 9.10. The molecule has 5 aromatic rings. The van der Waals surface area contributed by atoms with Crippen molar-refractivity contribution in [3.05, 3.63) is 101 Å². The number of hydrogen-bond acceptors (Lipinski definition) is 2. The molecule has 0 spiro atoms. The van der Waals surface area contributed by atoms with Gasteiger partial charge in [-0.05, 0) is 73.8 Å². The van der Waals surface area contributed by atoms with Gasteiger partial charge in [0.15, 0.2) is 0 Å². The summed E-state index contributed by atoms with van der Waals surface area (Å²) in [5.74, 6) is 1.01. The molecule has 0 unspecified atom stereocenters. The number of aromatic nitrogens is 2. The Bertz CT molecular complexity index is 1580. The molecule has 3 nitrogen and oxygen atoms in total. The van der Waals surface area contributed by atoms with Crippen molar-refractivity contribution in [3.63, 3.8) is 0 Å². The molecule has 0 aliphatic heterocycles. The van der Waals surface area contributed by atoms with E-state index in [0.717, 1.165) is 43.7 Å². The summed E-state index contributed by atoms with van der Waals surface area (Å²) in [6.07, 6.45) is 0. The van der Waals surface area contributed by atoms with Crippen LogP contribution >= 0.6 is 15.9 Å². The van der Waals surface area contributed by atoms with Gasteiger partial charge in [0.2, 0.25) is 0 Å². The highest BCUT2D eigenvalue weighted by atomic mass is 79.9. The van der Waals surface area contributed by atoms with E-state index in [-0.39, 0.29) is 16.6 Å². The molecule has 0 atom stereocenters. The third kappa shape index (κ3) is 4.71. The van der Waals surface area contributed by atoms with E-state index in [1.54, 1.807) is 0 Å². The lowest BCUT2D eigenvalue weighted by molar-refractivity contribution is 0.446. The summed E-state index contributed by atoms with van der Waals surface area (Å²) in [5, 5.41) is 11.7. The van der Waals surface area contributed by atoms with E-state index in [0.29, 0.717) is 0 Å². The smallest absolute Gasteiger partial charge is 0.149 e. The average Bonchev–Trinajstić information content (AvgIpc) is 3.24. The molecule has 0 radical (unpaired) electrons. The van der Waals surface area contributed by atoms with Gasteiger partial charge in [-0.15, -0.1) is 0 Å². The first-order chi connectivity index (χ1) is 17.4. The molecule has 0 bridgehead atoms. The molecule has 0 amide bonds. The Morgan fingerprint density at radius 2 is 1.38 bits per heavy atom. The largest absolute Gasteiger partial charge is 0.507 e. The molecule has 0 aliphatic carbocycles. The van der Waals surface area contributed by atoms with Gasteiger partial charge in [0.25, 0.3) is 0 Å². The fourth-order valence-corrected chi connectivity index (χ4v) is 5.19. The minimum Gasteiger partial charge on any atom is -0.507 e. The molecular weight excluding hydrogens is 520 g/mol. The van der Waals surface area contributed by atoms with Crippen molar-refractivity contribution in [2.45, 2.75) is 52.4 Å². The van der Waals surface area contributed by atoms with Crippen LogP contribution in [0.5, 0.6) is 5.75 Å². The van der Waals surface area contributed by atoms with Gasteiger partial charge in [0.05, 0.1) is 11.1 Å². The van der Waals surface area contributed by atoms with Crippen LogP contribution in [0.25, 0.3) is 39.2 Å². The molecule has 0 saturated carbocycles. The zero-order valence-corrected chi connectivity index (χ0v) is 23.9. The van der Waals surface area contributed by atoms with Crippen molar-refractivity contribution in [3.8, 4) is 34.0 Å². The highest BCUT2D eigenvalue weighted by Crippen LogP contribution is 2.43. The second-order valence-corrected chi connectivity index (χ2v) is 12.6. The summed E-state index contributed by atoms with van der Waals surface area (Å²) in [6, 6.07) is 29.3. The van der Waals surface area contributed by atoms with Gasteiger partial charge >= 0.3 is 0 Å². The minimum absolute atomic E-state index is 0.0861. The fraction of sp³-hybridized carbons (Fsp3) is 0.242. The summed E-state index contributed by atoms with van der Waals surface area (Å²) < 4.78 is 3.08. The van der Waals surface area contributed by atoms with E-state index in [2.05, 4.69) is 129 Å². The van der Waals surface area contributed by atoms with Crippen LogP contribution in [0.2, 0.25) is 0 Å². The number of aromatic hydroxyl groups is 1. The predicted molar refractivity (Wildman–Crippen MR) is 159 cm³/mol. The Hall–Kier alpha value is -3.37. The number of phenolic OH excluding ortho intramolecular Hbond substituents is 1. The summed E-state index contributed by atoms with van der Waals surface area (Å²) in [6.45, 7) is 13.0. The number of halogens is 1. The Kier molecular flexibility index (Phi) is 6.27. The van der Waals surface area contributed by atoms with Crippen LogP contribution in [0.1, 0.15) is 52.7 Å². The number of nitrogens with zero attached hydrogens (tertiary/aromatic N) is 2. The topological polar surface area (TPSA) is 38.0 Å². The van der Waals surface area contributed by atoms with Crippen molar-refractivity contribution in [2.75, 3.05) is 0 Å². The first-order valence-electron chi connectivity index (χ1n) is 12.7. The first kappa shape index (κ1) is 25.3. The third-order valence-electron chi connectivity index (χ3n) is 6.89. The Morgan fingerprint density at radius 3 is 2.00 bits per heavy atom. The van der Waals surface area contributed by atoms with Gasteiger partial charge in [-0.2, -0.15) is 0 Å². The molecule has 0 aliphatic rings. The maximum atomic E-state index is 11.7. The van der Waals surface area contributed by atoms with Gasteiger partial charge in [-0.3, -0.25) is 4.57 Å². The number of para-hydroxylation sites is 1. The van der Waals surface area contributed by atoms with E-state index >= 15 is 0 Å². The van der Waals surface area contributed by atoms with Crippen LogP contribution in [0.15, 0.2) is 89.4 Å². The van der Waals surface area contributed by atoms with Crippen LogP contribution in [0.3, 0.4) is 0 Å². The molecule has 37 heavy (non-hydrogen) atoms. The number of phenols is 1. The number of hydrogen-bond donors (Lipinski definition) is 1. The Labute approximate surface area is 228 Å². The highest BCUT2D eigenvalue weighted by Gasteiger charge is 2.28. The van der Waals surface area contributed by atoms with Crippen molar-refractivity contribution in [1.29, 1.82) is 0 Å². The number of benzene rings is 4. The lowest BCUT2D eigenvalue weighted by Crippen LogP contribution is -2.17. The SMILES string of the molecule is CC(C)(C)c1cc(-c2nc3c(Br)cccc3n2-c2ccc(-c3ccccc3)cc2)c(O)c(C(C)(C)C)c1. The van der Waals surface area contributed by atoms with Crippen LogP contribution in [0, 0.1) is 0 Å². The summed E-state index contributed by atoms with van der Waals surface area (Å²) in [7, 11) is 0. The normalized spacial score (nSPS) is 12.3. The molecule has 4 aromatic carbocycles. The Morgan fingerprint density at radius 1 is 0.730 bits per heavy atom. The number of rotatable bonds is 3. The molecule has 0 saturated heterocycles. The molecule has 4 heteroatoms. The second-order valence-electron chi connectivity index (χ2n) is 11.7. The van der Waals surface area contributed by atoms with Crippen LogP contribution in [0.4, 0.5) is 0 Å². The van der Waals surface area contributed by atoms with Gasteiger partial charge in [-0.25, -0.2) is 4.98 Å². The maximum absolute atomic E-state index is 11.7. The van der Waals surface area contributed by atoms with Crippen molar-refractivity contribution in [1.82, 2.24) is 9.55 Å². The molecule has 1 N–H and O–H groups in total. The molecular formula is C33H33BrN2O. The summed E-state index contributed by atoms with van der Waals surface area (Å²) in [5.41, 5.74) is 7.70. The minimum atomic E-state index is -0.227. The van der Waals surface area contributed by atoms with Gasteiger partial charge < -0.3 is 5.11 Å². The average molecular weight is 554 g/mol. The van der Waals surface area contributed by atoms with E-state index in [1.165, 1.54) is 11.1 Å². The van der Waals surface area contributed by atoms with Crippen molar-refractivity contribution < 1.29 is 5.11 Å². The summed E-state index contributed by atoms with van der Waals surface area (Å²) >= 11 is 3.70. The van der Waals surface area contributed by atoms with Crippen LogP contribution in [-0.2, 0) is 10.8 Å². The molecule has 0 fully saturated rings. The Balaban J connectivity index is 1.80. The van der Waals surface area contributed by atoms with Crippen molar-refractivity contribution in [2.24, 2.45) is 0 Å². The fourth-order valence-electron chi connectivity index (χ4n) is 4.75. The summed E-state index contributed by atoms with van der Waals surface area (Å²) in [4.78, 5) is 5.10. The molecule has 1 heterocycles. The lowest BCUT2D eigenvalue weighted by atomic mass is 9.79. The standard InChI is InChI=1S/C33H33BrN2O/c1-32(2,3)23-19-25(30(37)26(20-23)33(4,5)6)31-35-29-27(34)13-10-14-28(29)36(31)24-17-15-22(16-18-24)21-11-8-7-9-12-21/h7-20,37H,1-6H3. The molecule has 188 valence electrons. The van der Waals surface area contributed by atoms with E-state index in [1.807, 2.05) is 18.2 Å². The van der Waals surface area contributed by atoms with E-state index in [4.69, 9.17) is 4.98 Å². The number of fused-ring (bicyclic) bond motifs is 1. The first-order valence-corrected chi connectivity index (χ1v) is 13.5. The van der Waals surface area contributed by atoms with E-state index < -0.39 is 0 Å².